The van der Waals surface area contributed by atoms with Gasteiger partial charge in [-0.25, -0.2) is 0 Å². The van der Waals surface area contributed by atoms with Crippen molar-refractivity contribution in [2.24, 2.45) is 11.7 Å². The van der Waals surface area contributed by atoms with Crippen LogP contribution >= 0.6 is 0 Å². The van der Waals surface area contributed by atoms with Crippen LogP contribution in [-0.2, 0) is 4.74 Å². The number of hydrogen-bond donors (Lipinski definition) is 1. The van der Waals surface area contributed by atoms with Crippen LogP contribution in [-0.4, -0.2) is 43.8 Å². The Kier molecular flexibility index (Phi) is 7.98. The molecule has 2 N–H and O–H groups in total. The van der Waals surface area contributed by atoms with Crippen LogP contribution in [0.25, 0.3) is 0 Å². The van der Waals surface area contributed by atoms with Gasteiger partial charge in [-0.2, -0.15) is 0 Å². The summed E-state index contributed by atoms with van der Waals surface area (Å²) in [7, 11) is 1.78. The van der Waals surface area contributed by atoms with E-state index in [9.17, 15) is 0 Å². The predicted octanol–water partition coefficient (Wildman–Crippen LogP) is 2.11. The molecule has 0 fully saturated rings. The van der Waals surface area contributed by atoms with Crippen LogP contribution in [0.15, 0.2) is 0 Å². The largest absolute Gasteiger partial charge is 0.379 e. The van der Waals surface area contributed by atoms with Crippen LogP contribution in [0.3, 0.4) is 0 Å². The molecular formula is C13H30N2O. The summed E-state index contributed by atoms with van der Waals surface area (Å²) in [6.45, 7) is 12.9. The number of hydrogen-bond acceptors (Lipinski definition) is 3. The Labute approximate surface area is 101 Å². The Balaban J connectivity index is 3.99. The molecule has 0 amide bonds. The smallest absolute Gasteiger partial charge is 0.0634 e. The zero-order valence-corrected chi connectivity index (χ0v) is 11.8. The van der Waals surface area contributed by atoms with E-state index in [0.29, 0.717) is 5.92 Å². The number of rotatable bonds is 9. The third-order valence-corrected chi connectivity index (χ3v) is 2.88. The molecule has 0 rings (SSSR count). The standard InChI is InChI=1S/C13H30N2O/c1-12(2)11-15(9-6-8-14)10-7-13(3,4)16-5/h12H,6-11,14H2,1-5H3. The molecule has 0 spiro atoms. The molecule has 0 radical (unpaired) electrons. The molecule has 3 heteroatoms. The molecule has 3 nitrogen and oxygen atoms in total. The molecule has 0 aromatic heterocycles. The van der Waals surface area contributed by atoms with Gasteiger partial charge in [-0.3, -0.25) is 0 Å². The first-order valence-corrected chi connectivity index (χ1v) is 6.39. The quantitative estimate of drug-likeness (QED) is 0.659. The summed E-state index contributed by atoms with van der Waals surface area (Å²) in [6, 6.07) is 0. The summed E-state index contributed by atoms with van der Waals surface area (Å²) in [5.74, 6) is 0.712. The van der Waals surface area contributed by atoms with Crippen molar-refractivity contribution in [3.63, 3.8) is 0 Å². The SMILES string of the molecule is COC(C)(C)CCN(CCCN)CC(C)C. The highest BCUT2D eigenvalue weighted by Gasteiger charge is 2.18. The van der Waals surface area contributed by atoms with E-state index < -0.39 is 0 Å². The van der Waals surface area contributed by atoms with Gasteiger partial charge in [0.15, 0.2) is 0 Å². The number of ether oxygens (including phenoxy) is 1. The van der Waals surface area contributed by atoms with Gasteiger partial charge in [-0.1, -0.05) is 13.8 Å². The lowest BCUT2D eigenvalue weighted by atomic mass is 10.0. The molecule has 0 aliphatic heterocycles. The fraction of sp³-hybridized carbons (Fsp3) is 1.00. The second kappa shape index (κ2) is 8.04. The van der Waals surface area contributed by atoms with Gasteiger partial charge >= 0.3 is 0 Å². The van der Waals surface area contributed by atoms with Crippen molar-refractivity contribution in [3.8, 4) is 0 Å². The van der Waals surface area contributed by atoms with Crippen molar-refractivity contribution in [2.75, 3.05) is 33.3 Å². The van der Waals surface area contributed by atoms with E-state index in [1.807, 2.05) is 0 Å². The van der Waals surface area contributed by atoms with Crippen molar-refractivity contribution < 1.29 is 4.74 Å². The lowest BCUT2D eigenvalue weighted by Crippen LogP contribution is -2.35. The van der Waals surface area contributed by atoms with Crippen LogP contribution < -0.4 is 5.73 Å². The fourth-order valence-electron chi connectivity index (χ4n) is 1.66. The van der Waals surface area contributed by atoms with E-state index in [2.05, 4.69) is 32.6 Å². The molecule has 0 bridgehead atoms. The van der Waals surface area contributed by atoms with Gasteiger partial charge in [0.1, 0.15) is 0 Å². The maximum absolute atomic E-state index is 5.56. The molecule has 0 aliphatic carbocycles. The maximum atomic E-state index is 5.56. The van der Waals surface area contributed by atoms with Crippen molar-refractivity contribution in [2.45, 2.75) is 46.1 Å². The van der Waals surface area contributed by atoms with Gasteiger partial charge in [0.05, 0.1) is 5.60 Å². The van der Waals surface area contributed by atoms with E-state index in [4.69, 9.17) is 10.5 Å². The van der Waals surface area contributed by atoms with Gasteiger partial charge < -0.3 is 15.4 Å². The van der Waals surface area contributed by atoms with Gasteiger partial charge in [-0.15, -0.1) is 0 Å². The van der Waals surface area contributed by atoms with Crippen molar-refractivity contribution in [1.29, 1.82) is 0 Å². The van der Waals surface area contributed by atoms with Gasteiger partial charge in [-0.05, 0) is 45.7 Å². The van der Waals surface area contributed by atoms with Crippen molar-refractivity contribution in [3.05, 3.63) is 0 Å². The maximum Gasteiger partial charge on any atom is 0.0634 e. The molecule has 0 unspecified atom stereocenters. The number of nitrogens with zero attached hydrogens (tertiary/aromatic N) is 1. The first-order chi connectivity index (χ1) is 7.41. The van der Waals surface area contributed by atoms with E-state index in [1.165, 1.54) is 0 Å². The highest BCUT2D eigenvalue weighted by atomic mass is 16.5. The molecule has 0 atom stereocenters. The third kappa shape index (κ3) is 8.08. The molecular weight excluding hydrogens is 200 g/mol. The Bertz CT molecular complexity index is 169. The van der Waals surface area contributed by atoms with Gasteiger partial charge in [0.25, 0.3) is 0 Å². The normalized spacial score (nSPS) is 12.8. The zero-order chi connectivity index (χ0) is 12.6. The zero-order valence-electron chi connectivity index (χ0n) is 11.8. The Morgan fingerprint density at radius 1 is 1.25 bits per heavy atom. The average molecular weight is 230 g/mol. The van der Waals surface area contributed by atoms with Crippen LogP contribution in [0, 0.1) is 5.92 Å². The van der Waals surface area contributed by atoms with Crippen LogP contribution in [0.4, 0.5) is 0 Å². The second-order valence-electron chi connectivity index (χ2n) is 5.55. The lowest BCUT2D eigenvalue weighted by Gasteiger charge is -2.29. The number of nitrogens with two attached hydrogens (primary N) is 1. The minimum atomic E-state index is -0.0159. The monoisotopic (exact) mass is 230 g/mol. The van der Waals surface area contributed by atoms with E-state index in [0.717, 1.165) is 39.0 Å². The van der Waals surface area contributed by atoms with E-state index in [-0.39, 0.29) is 5.60 Å². The second-order valence-corrected chi connectivity index (χ2v) is 5.55. The summed E-state index contributed by atoms with van der Waals surface area (Å²) in [5.41, 5.74) is 5.55. The molecule has 0 heterocycles. The van der Waals surface area contributed by atoms with E-state index in [1.54, 1.807) is 7.11 Å². The summed E-state index contributed by atoms with van der Waals surface area (Å²) in [6.07, 6.45) is 2.15. The minimum absolute atomic E-state index is 0.0159. The molecule has 0 aromatic rings. The Morgan fingerprint density at radius 3 is 2.31 bits per heavy atom. The summed E-state index contributed by atoms with van der Waals surface area (Å²) >= 11 is 0. The molecule has 0 aromatic carbocycles. The third-order valence-electron chi connectivity index (χ3n) is 2.88. The highest BCUT2D eigenvalue weighted by Crippen LogP contribution is 2.14. The Hall–Kier alpha value is -0.120. The lowest BCUT2D eigenvalue weighted by molar-refractivity contribution is 0.00659. The predicted molar refractivity (Wildman–Crippen MR) is 70.7 cm³/mol. The first-order valence-electron chi connectivity index (χ1n) is 6.39. The highest BCUT2D eigenvalue weighted by molar-refractivity contribution is 4.71. The van der Waals surface area contributed by atoms with Gasteiger partial charge in [0, 0.05) is 20.2 Å². The summed E-state index contributed by atoms with van der Waals surface area (Å²) in [5, 5.41) is 0. The van der Waals surface area contributed by atoms with Crippen LogP contribution in [0.2, 0.25) is 0 Å². The number of methoxy groups -OCH3 is 1. The molecule has 16 heavy (non-hydrogen) atoms. The minimum Gasteiger partial charge on any atom is -0.379 e. The van der Waals surface area contributed by atoms with Crippen molar-refractivity contribution in [1.82, 2.24) is 4.90 Å². The molecule has 0 aliphatic rings. The van der Waals surface area contributed by atoms with Crippen LogP contribution in [0.1, 0.15) is 40.5 Å². The topological polar surface area (TPSA) is 38.5 Å². The van der Waals surface area contributed by atoms with Gasteiger partial charge in [0.2, 0.25) is 0 Å². The van der Waals surface area contributed by atoms with Crippen molar-refractivity contribution >= 4 is 0 Å². The first kappa shape index (κ1) is 15.9. The molecule has 98 valence electrons. The fourth-order valence-corrected chi connectivity index (χ4v) is 1.66. The molecule has 0 saturated carbocycles. The molecule has 0 saturated heterocycles. The summed E-state index contributed by atoms with van der Waals surface area (Å²) in [4.78, 5) is 2.50. The summed E-state index contributed by atoms with van der Waals surface area (Å²) < 4.78 is 5.45. The average Bonchev–Trinajstić information content (AvgIpc) is 2.21. The van der Waals surface area contributed by atoms with Crippen LogP contribution in [0.5, 0.6) is 0 Å². The Morgan fingerprint density at radius 2 is 1.88 bits per heavy atom. The van der Waals surface area contributed by atoms with E-state index >= 15 is 0 Å².